The zero-order valence-corrected chi connectivity index (χ0v) is 13.1. The van der Waals surface area contributed by atoms with E-state index >= 15 is 0 Å². The Balaban J connectivity index is 1.70. The van der Waals surface area contributed by atoms with Crippen LogP contribution < -0.4 is 14.8 Å². The molecule has 1 atom stereocenters. The van der Waals surface area contributed by atoms with Crippen molar-refractivity contribution in [1.82, 2.24) is 15.5 Å². The lowest BCUT2D eigenvalue weighted by molar-refractivity contribution is 0.171. The molecular weight excluding hydrogens is 286 g/mol. The highest BCUT2D eigenvalue weighted by atomic mass is 32.1. The largest absolute Gasteiger partial charge is 0.486 e. The number of nitrogens with zero attached hydrogens (tertiary/aromatic N) is 2. The number of aromatic nitrogens is 2. The zero-order valence-electron chi connectivity index (χ0n) is 12.3. The Bertz CT molecular complexity index is 615. The van der Waals surface area contributed by atoms with Crippen LogP contribution >= 0.6 is 11.3 Å². The Labute approximate surface area is 128 Å². The van der Waals surface area contributed by atoms with Crippen molar-refractivity contribution in [3.05, 3.63) is 33.8 Å². The van der Waals surface area contributed by atoms with E-state index in [0.29, 0.717) is 13.2 Å². The maximum Gasteiger partial charge on any atom is 0.161 e. The summed E-state index contributed by atoms with van der Waals surface area (Å²) in [5.74, 6) is 1.67. The normalized spacial score (nSPS) is 15.0. The van der Waals surface area contributed by atoms with Gasteiger partial charge >= 0.3 is 0 Å². The summed E-state index contributed by atoms with van der Waals surface area (Å²) in [5.41, 5.74) is 1.21. The van der Waals surface area contributed by atoms with Gasteiger partial charge in [0.05, 0.1) is 6.54 Å². The summed E-state index contributed by atoms with van der Waals surface area (Å²) in [6.07, 6.45) is 0.997. The Morgan fingerprint density at radius 2 is 2.05 bits per heavy atom. The Morgan fingerprint density at radius 1 is 1.24 bits per heavy atom. The Kier molecular flexibility index (Phi) is 4.36. The molecule has 0 saturated carbocycles. The number of rotatable bonds is 5. The van der Waals surface area contributed by atoms with Crippen molar-refractivity contribution in [3.63, 3.8) is 0 Å². The van der Waals surface area contributed by atoms with Gasteiger partial charge in [-0.15, -0.1) is 21.5 Å². The molecule has 1 N–H and O–H groups in total. The molecule has 3 rings (SSSR count). The lowest BCUT2D eigenvalue weighted by Crippen LogP contribution is -2.21. The first-order chi connectivity index (χ1) is 10.3. The first kappa shape index (κ1) is 14.3. The van der Waals surface area contributed by atoms with Crippen molar-refractivity contribution < 1.29 is 9.47 Å². The number of nitrogens with one attached hydrogen (secondary N) is 1. The van der Waals surface area contributed by atoms with Gasteiger partial charge in [-0.1, -0.05) is 13.0 Å². The van der Waals surface area contributed by atoms with Gasteiger partial charge in [0.25, 0.3) is 0 Å². The monoisotopic (exact) mass is 305 g/mol. The van der Waals surface area contributed by atoms with Crippen molar-refractivity contribution in [2.45, 2.75) is 32.9 Å². The smallest absolute Gasteiger partial charge is 0.161 e. The van der Waals surface area contributed by atoms with Crippen LogP contribution in [0.15, 0.2) is 18.2 Å². The van der Waals surface area contributed by atoms with Crippen LogP contribution in [0.2, 0.25) is 0 Å². The molecule has 1 aromatic carbocycles. The first-order valence-corrected chi connectivity index (χ1v) is 8.00. The predicted octanol–water partition coefficient (Wildman–Crippen LogP) is 2.86. The fraction of sp³-hybridized carbons (Fsp3) is 0.467. The number of aryl methyl sites for hydroxylation is 1. The fourth-order valence-electron chi connectivity index (χ4n) is 2.39. The topological polar surface area (TPSA) is 56.3 Å². The van der Waals surface area contributed by atoms with Crippen molar-refractivity contribution in [2.24, 2.45) is 0 Å². The molecule has 0 aliphatic carbocycles. The minimum Gasteiger partial charge on any atom is -0.486 e. The van der Waals surface area contributed by atoms with Crippen LogP contribution in [0.4, 0.5) is 0 Å². The molecular formula is C15H19N3O2S. The zero-order chi connectivity index (χ0) is 14.7. The minimum absolute atomic E-state index is 0.269. The third-order valence-electron chi connectivity index (χ3n) is 3.44. The van der Waals surface area contributed by atoms with E-state index in [4.69, 9.17) is 9.47 Å². The average Bonchev–Trinajstić information content (AvgIpc) is 2.93. The SMILES string of the molecule is CCC(NCc1nnc(C)s1)c1ccc2c(c1)OCCO2. The van der Waals surface area contributed by atoms with Crippen molar-refractivity contribution in [3.8, 4) is 11.5 Å². The van der Waals surface area contributed by atoms with E-state index in [9.17, 15) is 0 Å². The summed E-state index contributed by atoms with van der Waals surface area (Å²) in [7, 11) is 0. The van der Waals surface area contributed by atoms with E-state index < -0.39 is 0 Å². The van der Waals surface area contributed by atoms with Crippen LogP contribution in [0.3, 0.4) is 0 Å². The molecule has 112 valence electrons. The van der Waals surface area contributed by atoms with Gasteiger partial charge in [0, 0.05) is 6.04 Å². The number of ether oxygens (including phenoxy) is 2. The highest BCUT2D eigenvalue weighted by molar-refractivity contribution is 7.11. The van der Waals surface area contributed by atoms with Crippen LogP contribution in [-0.2, 0) is 6.54 Å². The number of hydrogen-bond acceptors (Lipinski definition) is 6. The van der Waals surface area contributed by atoms with Gasteiger partial charge in [0.1, 0.15) is 23.2 Å². The first-order valence-electron chi connectivity index (χ1n) is 7.18. The summed E-state index contributed by atoms with van der Waals surface area (Å²) in [4.78, 5) is 0. The molecule has 6 heteroatoms. The number of fused-ring (bicyclic) bond motifs is 1. The van der Waals surface area contributed by atoms with Gasteiger partial charge in [-0.25, -0.2) is 0 Å². The van der Waals surface area contributed by atoms with E-state index in [1.54, 1.807) is 11.3 Å². The number of benzene rings is 1. The molecule has 1 aliphatic rings. The summed E-state index contributed by atoms with van der Waals surface area (Å²) in [6, 6.07) is 6.43. The van der Waals surface area contributed by atoms with E-state index in [1.807, 2.05) is 13.0 Å². The molecule has 21 heavy (non-hydrogen) atoms. The Morgan fingerprint density at radius 3 is 2.76 bits per heavy atom. The van der Waals surface area contributed by atoms with E-state index in [2.05, 4.69) is 34.6 Å². The van der Waals surface area contributed by atoms with Gasteiger partial charge in [0.15, 0.2) is 11.5 Å². The van der Waals surface area contributed by atoms with Gasteiger partial charge in [-0.2, -0.15) is 0 Å². The van der Waals surface area contributed by atoms with Crippen molar-refractivity contribution >= 4 is 11.3 Å². The quantitative estimate of drug-likeness (QED) is 0.920. The van der Waals surface area contributed by atoms with Crippen LogP contribution in [0.5, 0.6) is 11.5 Å². The molecule has 1 aromatic heterocycles. The average molecular weight is 305 g/mol. The van der Waals surface area contributed by atoms with Crippen molar-refractivity contribution in [2.75, 3.05) is 13.2 Å². The van der Waals surface area contributed by atoms with E-state index in [0.717, 1.165) is 34.5 Å². The molecule has 0 radical (unpaired) electrons. The molecule has 0 bridgehead atoms. The molecule has 0 spiro atoms. The van der Waals surface area contributed by atoms with Gasteiger partial charge in [-0.05, 0) is 31.0 Å². The summed E-state index contributed by atoms with van der Waals surface area (Å²) >= 11 is 1.63. The van der Waals surface area contributed by atoms with Crippen molar-refractivity contribution in [1.29, 1.82) is 0 Å². The second-order valence-electron chi connectivity index (χ2n) is 4.96. The molecule has 0 saturated heterocycles. The minimum atomic E-state index is 0.269. The Hall–Kier alpha value is -1.66. The molecule has 2 heterocycles. The van der Waals surface area contributed by atoms with Gasteiger partial charge < -0.3 is 14.8 Å². The lowest BCUT2D eigenvalue weighted by atomic mass is 10.0. The third kappa shape index (κ3) is 3.33. The van der Waals surface area contributed by atoms with Crippen LogP contribution in [0, 0.1) is 6.92 Å². The van der Waals surface area contributed by atoms with Crippen LogP contribution in [0.25, 0.3) is 0 Å². The van der Waals surface area contributed by atoms with E-state index in [1.165, 1.54) is 5.56 Å². The summed E-state index contributed by atoms with van der Waals surface area (Å²) in [5, 5.41) is 13.7. The maximum atomic E-state index is 5.65. The van der Waals surface area contributed by atoms with Crippen LogP contribution in [-0.4, -0.2) is 23.4 Å². The predicted molar refractivity (Wildman–Crippen MR) is 81.9 cm³/mol. The maximum absolute atomic E-state index is 5.65. The second-order valence-corrected chi connectivity index (χ2v) is 6.23. The molecule has 0 amide bonds. The molecule has 0 fully saturated rings. The lowest BCUT2D eigenvalue weighted by Gasteiger charge is -2.22. The standard InChI is InChI=1S/C15H19N3O2S/c1-3-12(16-9-15-18-17-10(2)21-15)11-4-5-13-14(8-11)20-7-6-19-13/h4-5,8,12,16H,3,6-7,9H2,1-2H3. The van der Waals surface area contributed by atoms with Gasteiger partial charge in [-0.3, -0.25) is 0 Å². The second kappa shape index (κ2) is 6.41. The molecule has 1 unspecified atom stereocenters. The molecule has 1 aliphatic heterocycles. The third-order valence-corrected chi connectivity index (χ3v) is 4.28. The highest BCUT2D eigenvalue weighted by Crippen LogP contribution is 2.33. The molecule has 5 nitrogen and oxygen atoms in total. The number of hydrogen-bond donors (Lipinski definition) is 1. The highest BCUT2D eigenvalue weighted by Gasteiger charge is 2.16. The van der Waals surface area contributed by atoms with E-state index in [-0.39, 0.29) is 6.04 Å². The fourth-order valence-corrected chi connectivity index (χ4v) is 3.05. The molecule has 2 aromatic rings. The van der Waals surface area contributed by atoms with Crippen LogP contribution in [0.1, 0.15) is 35.0 Å². The summed E-state index contributed by atoms with van der Waals surface area (Å²) in [6.45, 7) is 6.11. The summed E-state index contributed by atoms with van der Waals surface area (Å²) < 4.78 is 11.2. The van der Waals surface area contributed by atoms with Gasteiger partial charge in [0.2, 0.25) is 0 Å².